The van der Waals surface area contributed by atoms with Gasteiger partial charge >= 0.3 is 0 Å². The topological polar surface area (TPSA) is 82.0 Å². The van der Waals surface area contributed by atoms with E-state index >= 15 is 0 Å². The summed E-state index contributed by atoms with van der Waals surface area (Å²) in [7, 11) is 0. The van der Waals surface area contributed by atoms with Crippen molar-refractivity contribution in [2.75, 3.05) is 11.1 Å². The quantitative estimate of drug-likeness (QED) is 0.530. The first-order valence-corrected chi connectivity index (χ1v) is 12.6. The summed E-state index contributed by atoms with van der Waals surface area (Å²) in [5.41, 5.74) is 6.81. The second kappa shape index (κ2) is 10.1. The van der Waals surface area contributed by atoms with Crippen LogP contribution in [0.5, 0.6) is 0 Å². The van der Waals surface area contributed by atoms with E-state index in [0.717, 1.165) is 46.5 Å². The van der Waals surface area contributed by atoms with Gasteiger partial charge in [-0.15, -0.1) is 0 Å². The number of dihydropyridines is 1. The van der Waals surface area contributed by atoms with Crippen molar-refractivity contribution in [2.45, 2.75) is 46.0 Å². The van der Waals surface area contributed by atoms with Crippen LogP contribution < -0.4 is 10.6 Å². The Hall–Kier alpha value is -3.01. The van der Waals surface area contributed by atoms with Crippen LogP contribution in [0, 0.1) is 32.1 Å². The fourth-order valence-electron chi connectivity index (χ4n) is 4.72. The van der Waals surface area contributed by atoms with Crippen LogP contribution in [0.4, 0.5) is 5.69 Å². The Labute approximate surface area is 209 Å². The normalized spacial score (nSPS) is 17.7. The molecule has 0 fully saturated rings. The van der Waals surface area contributed by atoms with Gasteiger partial charge in [-0.05, 0) is 62.4 Å². The molecule has 2 N–H and O–H groups in total. The van der Waals surface area contributed by atoms with E-state index in [1.165, 1.54) is 11.8 Å². The number of carbonyl (C=O) groups is 2. The number of ketones is 1. The standard InChI is InChI=1S/C27H26ClN3O2S/c1-15-11-16(2)26(17(3)12-15)31-23(33)14-34-27-20(13-29)24(18-7-9-19(28)10-8-18)25-21(30-27)5-4-6-22(25)32/h7-12,24,30H,4-6,14H2,1-3H3,(H,31,33). The predicted molar refractivity (Wildman–Crippen MR) is 138 cm³/mol. The molecule has 0 spiro atoms. The Kier molecular flexibility index (Phi) is 7.16. The van der Waals surface area contributed by atoms with Crippen LogP contribution in [0.3, 0.4) is 0 Å². The van der Waals surface area contributed by atoms with Crippen molar-refractivity contribution < 1.29 is 9.59 Å². The zero-order valence-electron chi connectivity index (χ0n) is 19.4. The summed E-state index contributed by atoms with van der Waals surface area (Å²) in [6.07, 6.45) is 1.98. The third kappa shape index (κ3) is 4.91. The van der Waals surface area contributed by atoms with Crippen LogP contribution >= 0.6 is 23.4 Å². The molecule has 1 heterocycles. The fraction of sp³-hybridized carbons (Fsp3) is 0.296. The largest absolute Gasteiger partial charge is 0.352 e. The summed E-state index contributed by atoms with van der Waals surface area (Å²) >= 11 is 7.37. The lowest BCUT2D eigenvalue weighted by Crippen LogP contribution is -2.31. The molecule has 0 saturated heterocycles. The third-order valence-electron chi connectivity index (χ3n) is 6.16. The first-order chi connectivity index (χ1) is 16.3. The molecule has 1 unspecified atom stereocenters. The average Bonchev–Trinajstić information content (AvgIpc) is 2.80. The monoisotopic (exact) mass is 491 g/mol. The number of aryl methyl sites for hydroxylation is 3. The molecule has 34 heavy (non-hydrogen) atoms. The zero-order valence-corrected chi connectivity index (χ0v) is 21.0. The van der Waals surface area contributed by atoms with Crippen LogP contribution in [-0.4, -0.2) is 17.4 Å². The van der Waals surface area contributed by atoms with Crippen LogP contribution in [-0.2, 0) is 9.59 Å². The molecule has 2 aromatic rings. The van der Waals surface area contributed by atoms with Gasteiger partial charge in [0.15, 0.2) is 5.78 Å². The van der Waals surface area contributed by atoms with Crippen molar-refractivity contribution >= 4 is 40.7 Å². The van der Waals surface area contributed by atoms with E-state index in [2.05, 4.69) is 16.7 Å². The summed E-state index contributed by atoms with van der Waals surface area (Å²) in [6.45, 7) is 5.99. The number of amides is 1. The molecule has 1 aliphatic carbocycles. The second-order valence-corrected chi connectivity index (χ2v) is 10.2. The van der Waals surface area contributed by atoms with Crippen molar-refractivity contribution in [3.8, 4) is 6.07 Å². The van der Waals surface area contributed by atoms with Crippen molar-refractivity contribution in [1.29, 1.82) is 5.26 Å². The number of hydrogen-bond acceptors (Lipinski definition) is 5. The fourth-order valence-corrected chi connectivity index (χ4v) is 5.70. The predicted octanol–water partition coefficient (Wildman–Crippen LogP) is 6.07. The first-order valence-electron chi connectivity index (χ1n) is 11.2. The van der Waals surface area contributed by atoms with Gasteiger partial charge in [-0.25, -0.2) is 0 Å². The molecule has 0 aromatic heterocycles. The summed E-state index contributed by atoms with van der Waals surface area (Å²) in [4.78, 5) is 25.7. The van der Waals surface area contributed by atoms with Gasteiger partial charge in [-0.2, -0.15) is 5.26 Å². The first kappa shape index (κ1) is 24.1. The van der Waals surface area contributed by atoms with E-state index in [1.54, 1.807) is 12.1 Å². The zero-order chi connectivity index (χ0) is 24.4. The van der Waals surface area contributed by atoms with Gasteiger partial charge in [0.05, 0.1) is 28.3 Å². The Morgan fingerprint density at radius 2 is 1.85 bits per heavy atom. The number of nitrogens with one attached hydrogen (secondary N) is 2. The highest BCUT2D eigenvalue weighted by Crippen LogP contribution is 2.44. The van der Waals surface area contributed by atoms with Gasteiger partial charge in [0, 0.05) is 28.4 Å². The Morgan fingerprint density at radius 1 is 1.18 bits per heavy atom. The average molecular weight is 492 g/mol. The molecule has 0 radical (unpaired) electrons. The smallest absolute Gasteiger partial charge is 0.234 e. The lowest BCUT2D eigenvalue weighted by Gasteiger charge is -2.33. The number of thioether (sulfide) groups is 1. The van der Waals surface area contributed by atoms with E-state index in [9.17, 15) is 14.9 Å². The maximum Gasteiger partial charge on any atom is 0.234 e. The number of hydrogen-bond donors (Lipinski definition) is 2. The minimum Gasteiger partial charge on any atom is -0.352 e. The maximum absolute atomic E-state index is 12.9. The molecule has 4 rings (SSSR count). The minimum atomic E-state index is -0.460. The van der Waals surface area contributed by atoms with Gasteiger partial charge in [-0.1, -0.05) is 53.2 Å². The van der Waals surface area contributed by atoms with Crippen LogP contribution in [0.2, 0.25) is 5.02 Å². The Balaban J connectivity index is 1.61. The molecule has 1 atom stereocenters. The van der Waals surface area contributed by atoms with Crippen molar-refractivity contribution in [2.24, 2.45) is 0 Å². The molecule has 7 heteroatoms. The number of nitriles is 1. The van der Waals surface area contributed by atoms with E-state index in [1.807, 2.05) is 45.0 Å². The lowest BCUT2D eigenvalue weighted by molar-refractivity contribution is -0.116. The van der Waals surface area contributed by atoms with E-state index in [4.69, 9.17) is 11.6 Å². The molecule has 174 valence electrons. The highest BCUT2D eigenvalue weighted by Gasteiger charge is 2.37. The summed E-state index contributed by atoms with van der Waals surface area (Å²) in [5, 5.41) is 17.7. The summed E-state index contributed by atoms with van der Waals surface area (Å²) in [6, 6.07) is 13.7. The molecular formula is C27H26ClN3O2S. The molecule has 1 aliphatic heterocycles. The number of Topliss-reactive ketones (excluding diaryl/α,β-unsaturated/α-hetero) is 1. The van der Waals surface area contributed by atoms with Crippen LogP contribution in [0.15, 0.2) is 58.3 Å². The molecule has 0 bridgehead atoms. The summed E-state index contributed by atoms with van der Waals surface area (Å²) in [5.74, 6) is -0.398. The minimum absolute atomic E-state index is 0.0635. The number of allylic oxidation sites excluding steroid dienone is 3. The second-order valence-electron chi connectivity index (χ2n) is 8.74. The summed E-state index contributed by atoms with van der Waals surface area (Å²) < 4.78 is 0. The highest BCUT2D eigenvalue weighted by atomic mass is 35.5. The van der Waals surface area contributed by atoms with Gasteiger partial charge in [0.1, 0.15) is 0 Å². The number of carbonyl (C=O) groups excluding carboxylic acids is 2. The molecule has 5 nitrogen and oxygen atoms in total. The van der Waals surface area contributed by atoms with Crippen LogP contribution in [0.1, 0.15) is 47.4 Å². The number of rotatable bonds is 5. The molecule has 2 aliphatic rings. The van der Waals surface area contributed by atoms with Crippen molar-refractivity contribution in [3.05, 3.63) is 85.5 Å². The maximum atomic E-state index is 12.9. The Morgan fingerprint density at radius 3 is 2.50 bits per heavy atom. The number of nitrogens with zero attached hydrogens (tertiary/aromatic N) is 1. The van der Waals surface area contributed by atoms with Gasteiger partial charge in [0.25, 0.3) is 0 Å². The van der Waals surface area contributed by atoms with Crippen LogP contribution in [0.25, 0.3) is 0 Å². The molecular weight excluding hydrogens is 466 g/mol. The van der Waals surface area contributed by atoms with Gasteiger partial charge in [0.2, 0.25) is 5.91 Å². The SMILES string of the molecule is Cc1cc(C)c(NC(=O)CSC2=C(C#N)C(c3ccc(Cl)cc3)C3=C(CCCC3=O)N2)c(C)c1. The Bertz CT molecular complexity index is 1250. The van der Waals surface area contributed by atoms with Crippen molar-refractivity contribution in [1.82, 2.24) is 5.32 Å². The van der Waals surface area contributed by atoms with E-state index in [0.29, 0.717) is 27.6 Å². The molecule has 2 aromatic carbocycles. The molecule has 0 saturated carbocycles. The van der Waals surface area contributed by atoms with Gasteiger partial charge < -0.3 is 10.6 Å². The highest BCUT2D eigenvalue weighted by molar-refractivity contribution is 8.03. The van der Waals surface area contributed by atoms with Crippen molar-refractivity contribution in [3.63, 3.8) is 0 Å². The number of benzene rings is 2. The number of halogens is 1. The van der Waals surface area contributed by atoms with E-state index in [-0.39, 0.29) is 17.4 Å². The third-order valence-corrected chi connectivity index (χ3v) is 7.42. The number of anilines is 1. The van der Waals surface area contributed by atoms with Gasteiger partial charge in [-0.3, -0.25) is 9.59 Å². The lowest BCUT2D eigenvalue weighted by atomic mass is 9.77. The molecule has 1 amide bonds. The van der Waals surface area contributed by atoms with E-state index < -0.39 is 5.92 Å².